The van der Waals surface area contributed by atoms with E-state index in [4.69, 9.17) is 9.98 Å². The van der Waals surface area contributed by atoms with Crippen molar-refractivity contribution in [2.75, 3.05) is 0 Å². The highest BCUT2D eigenvalue weighted by molar-refractivity contribution is 6.22. The summed E-state index contributed by atoms with van der Waals surface area (Å²) in [5, 5.41) is 0. The molecule has 5 nitrogen and oxygen atoms in total. The molecule has 2 aromatic rings. The normalized spacial score (nSPS) is 16.2. The van der Waals surface area contributed by atoms with E-state index in [0.717, 1.165) is 28.2 Å². The molecule has 0 saturated carbocycles. The minimum absolute atomic E-state index is 0.598. The Morgan fingerprint density at radius 3 is 1.84 bits per heavy atom. The van der Waals surface area contributed by atoms with E-state index in [1.54, 1.807) is 0 Å². The molecule has 3 aliphatic rings. The fourth-order valence-corrected chi connectivity index (χ4v) is 4.00. The Hall–Kier alpha value is -3.60. The average molecular weight is 410 g/mol. The number of hydrogen-bond acceptors (Lipinski definition) is 5. The number of nitrogens with zero attached hydrogens (tertiary/aromatic N) is 5. The quantitative estimate of drug-likeness (QED) is 0.624. The van der Waals surface area contributed by atoms with Gasteiger partial charge in [0.2, 0.25) is 11.9 Å². The fourth-order valence-electron chi connectivity index (χ4n) is 4.00. The Morgan fingerprint density at radius 2 is 1.23 bits per heavy atom. The smallest absolute Gasteiger partial charge is 0.239 e. The van der Waals surface area contributed by atoms with Gasteiger partial charge in [-0.05, 0) is 64.1 Å². The maximum absolute atomic E-state index is 4.78. The van der Waals surface area contributed by atoms with Crippen LogP contribution >= 0.6 is 0 Å². The first kappa shape index (κ1) is 20.7. The lowest BCUT2D eigenvalue weighted by Gasteiger charge is -2.31. The number of aryl methyl sites for hydroxylation is 4. The summed E-state index contributed by atoms with van der Waals surface area (Å²) in [6.45, 7) is 12.4. The molecule has 5 heteroatoms. The first-order chi connectivity index (χ1) is 15.0. The molecular weight excluding hydrogens is 382 g/mol. The van der Waals surface area contributed by atoms with Crippen LogP contribution in [0.3, 0.4) is 0 Å². The van der Waals surface area contributed by atoms with Gasteiger partial charge in [0, 0.05) is 11.1 Å². The molecule has 0 aliphatic carbocycles. The van der Waals surface area contributed by atoms with Crippen molar-refractivity contribution < 1.29 is 0 Å². The van der Waals surface area contributed by atoms with Crippen molar-refractivity contribution in [2.45, 2.75) is 41.5 Å². The standard InChI is InChI=1S/C24H21N5.C2H6/c1-14-5-15(2)8-18(7-14)21-11-20-12-22(19-9-16(3)6-17(4)10-19)28-24-26-13-25-23(27-21)29(20)24;1-2/h5-13H,1-4H3;1-2H3. The Morgan fingerprint density at radius 1 is 0.645 bits per heavy atom. The SMILES string of the molecule is CC.Cc1cc(C)cc(C2=CC3=CC(c4cc(C)cc(C)c4)=NC4=NC=NC(=N2)N34)c1. The zero-order chi connectivity index (χ0) is 22.1. The Balaban J connectivity index is 0.00000112. The Bertz CT molecular complexity index is 1150. The molecule has 0 spiro atoms. The van der Waals surface area contributed by atoms with Crippen LogP contribution in [0, 0.1) is 27.7 Å². The molecule has 156 valence electrons. The highest BCUT2D eigenvalue weighted by Crippen LogP contribution is 2.31. The first-order valence-electron chi connectivity index (χ1n) is 10.6. The lowest BCUT2D eigenvalue weighted by molar-refractivity contribution is 0.738. The number of rotatable bonds is 2. The van der Waals surface area contributed by atoms with Gasteiger partial charge in [-0.1, -0.05) is 48.2 Å². The lowest BCUT2D eigenvalue weighted by Crippen LogP contribution is -2.40. The van der Waals surface area contributed by atoms with Gasteiger partial charge < -0.3 is 0 Å². The molecule has 0 aromatic heterocycles. The number of benzene rings is 2. The highest BCUT2D eigenvalue weighted by Gasteiger charge is 2.30. The van der Waals surface area contributed by atoms with Crippen LogP contribution in [-0.4, -0.2) is 28.9 Å². The molecule has 0 saturated heterocycles. The topological polar surface area (TPSA) is 52.7 Å². The fraction of sp³-hybridized carbons (Fsp3) is 0.231. The second kappa shape index (κ2) is 8.26. The number of guanidine groups is 2. The van der Waals surface area contributed by atoms with Crippen LogP contribution in [0.15, 0.2) is 74.2 Å². The molecule has 5 rings (SSSR count). The predicted molar refractivity (Wildman–Crippen MR) is 131 cm³/mol. The summed E-state index contributed by atoms with van der Waals surface area (Å²) in [4.78, 5) is 20.2. The molecule has 0 fully saturated rings. The van der Waals surface area contributed by atoms with E-state index in [2.05, 4.69) is 86.2 Å². The predicted octanol–water partition coefficient (Wildman–Crippen LogP) is 5.74. The average Bonchev–Trinajstić information content (AvgIpc) is 2.74. The van der Waals surface area contributed by atoms with Crippen molar-refractivity contribution in [3.63, 3.8) is 0 Å². The number of hydrogen-bond donors (Lipinski definition) is 0. The monoisotopic (exact) mass is 409 g/mol. The molecule has 2 aromatic carbocycles. The van der Waals surface area contributed by atoms with Gasteiger partial charge in [0.15, 0.2) is 0 Å². The minimum Gasteiger partial charge on any atom is -0.246 e. The molecule has 3 aliphatic heterocycles. The van der Waals surface area contributed by atoms with Crippen molar-refractivity contribution in [2.24, 2.45) is 20.0 Å². The van der Waals surface area contributed by atoms with Gasteiger partial charge in [-0.25, -0.2) is 24.9 Å². The molecule has 0 atom stereocenters. The van der Waals surface area contributed by atoms with Crippen LogP contribution in [-0.2, 0) is 0 Å². The van der Waals surface area contributed by atoms with Crippen molar-refractivity contribution in [1.82, 2.24) is 4.90 Å². The van der Waals surface area contributed by atoms with E-state index in [9.17, 15) is 0 Å². The van der Waals surface area contributed by atoms with Crippen molar-refractivity contribution in [3.8, 4) is 0 Å². The summed E-state index contributed by atoms with van der Waals surface area (Å²) in [5.74, 6) is 1.20. The second-order valence-corrected chi connectivity index (χ2v) is 7.77. The minimum atomic E-state index is 0.598. The van der Waals surface area contributed by atoms with Gasteiger partial charge in [0.25, 0.3) is 0 Å². The molecule has 31 heavy (non-hydrogen) atoms. The molecule has 0 radical (unpaired) electrons. The molecule has 0 bridgehead atoms. The van der Waals surface area contributed by atoms with Gasteiger partial charge in [-0.15, -0.1) is 0 Å². The third-order valence-corrected chi connectivity index (χ3v) is 5.05. The highest BCUT2D eigenvalue weighted by atomic mass is 15.4. The summed E-state index contributed by atoms with van der Waals surface area (Å²) in [7, 11) is 0. The first-order valence-corrected chi connectivity index (χ1v) is 10.6. The Labute approximate surface area is 184 Å². The van der Waals surface area contributed by atoms with E-state index in [1.807, 2.05) is 18.7 Å². The molecule has 3 heterocycles. The van der Waals surface area contributed by atoms with E-state index in [-0.39, 0.29) is 0 Å². The van der Waals surface area contributed by atoms with E-state index in [0.29, 0.717) is 11.9 Å². The largest absolute Gasteiger partial charge is 0.246 e. The summed E-state index contributed by atoms with van der Waals surface area (Å²) in [6, 6.07) is 13.0. The van der Waals surface area contributed by atoms with Crippen LogP contribution in [0.25, 0.3) is 5.70 Å². The van der Waals surface area contributed by atoms with Crippen LogP contribution < -0.4 is 0 Å². The van der Waals surface area contributed by atoms with Crippen LogP contribution in [0.5, 0.6) is 0 Å². The summed E-state index contributed by atoms with van der Waals surface area (Å²) < 4.78 is 0. The zero-order valence-corrected chi connectivity index (χ0v) is 18.9. The van der Waals surface area contributed by atoms with Crippen molar-refractivity contribution >= 4 is 29.7 Å². The molecule has 0 amide bonds. The van der Waals surface area contributed by atoms with Gasteiger partial charge in [-0.2, -0.15) is 0 Å². The maximum Gasteiger partial charge on any atom is 0.239 e. The van der Waals surface area contributed by atoms with Crippen LogP contribution in [0.1, 0.15) is 47.2 Å². The van der Waals surface area contributed by atoms with Gasteiger partial charge in [0.05, 0.1) is 17.1 Å². The summed E-state index contributed by atoms with van der Waals surface area (Å²) >= 11 is 0. The van der Waals surface area contributed by atoms with Gasteiger partial charge in [0.1, 0.15) is 6.34 Å². The molecular formula is C26H27N5. The van der Waals surface area contributed by atoms with E-state index < -0.39 is 0 Å². The third kappa shape index (κ3) is 4.04. The van der Waals surface area contributed by atoms with Crippen molar-refractivity contribution in [3.05, 3.63) is 87.6 Å². The number of aliphatic imine (C=N–C) groups is 4. The van der Waals surface area contributed by atoms with Crippen molar-refractivity contribution in [1.29, 1.82) is 0 Å². The van der Waals surface area contributed by atoms with Gasteiger partial charge in [-0.3, -0.25) is 0 Å². The third-order valence-electron chi connectivity index (χ3n) is 5.05. The molecule has 0 unspecified atom stereocenters. The van der Waals surface area contributed by atoms with E-state index in [1.165, 1.54) is 28.6 Å². The molecule has 0 N–H and O–H groups in total. The zero-order valence-electron chi connectivity index (χ0n) is 18.9. The Kier molecular flexibility index (Phi) is 5.51. The summed E-state index contributed by atoms with van der Waals surface area (Å²) in [5.41, 5.74) is 9.81. The van der Waals surface area contributed by atoms with Crippen LogP contribution in [0.4, 0.5) is 0 Å². The van der Waals surface area contributed by atoms with Crippen LogP contribution in [0.2, 0.25) is 0 Å². The number of allylic oxidation sites excluding steroid dienone is 2. The summed E-state index contributed by atoms with van der Waals surface area (Å²) in [6.07, 6.45) is 5.71. The van der Waals surface area contributed by atoms with E-state index >= 15 is 0 Å². The van der Waals surface area contributed by atoms with Gasteiger partial charge >= 0.3 is 0 Å². The maximum atomic E-state index is 4.78. The second-order valence-electron chi connectivity index (χ2n) is 7.77. The lowest BCUT2D eigenvalue weighted by atomic mass is 10.00.